The van der Waals surface area contributed by atoms with E-state index in [0.29, 0.717) is 13.0 Å². The van der Waals surface area contributed by atoms with E-state index >= 15 is 0 Å². The van der Waals surface area contributed by atoms with Gasteiger partial charge in [0.2, 0.25) is 5.91 Å². The normalized spacial score (nSPS) is 32.4. The van der Waals surface area contributed by atoms with E-state index < -0.39 is 10.4 Å². The number of ketones is 1. The maximum absolute atomic E-state index is 11.6. The molecule has 0 N–H and O–H groups in total. The van der Waals surface area contributed by atoms with Crippen molar-refractivity contribution in [3.8, 4) is 0 Å². The summed E-state index contributed by atoms with van der Waals surface area (Å²) >= 11 is 12.1. The summed E-state index contributed by atoms with van der Waals surface area (Å²) in [6.45, 7) is 7.80. The summed E-state index contributed by atoms with van der Waals surface area (Å²) in [6.07, 6.45) is 0.417. The van der Waals surface area contributed by atoms with Crippen molar-refractivity contribution in [3.05, 3.63) is 0 Å². The summed E-state index contributed by atoms with van der Waals surface area (Å²) in [7, 11) is 0. The molecule has 0 radical (unpaired) electrons. The lowest BCUT2D eigenvalue weighted by Crippen LogP contribution is -2.44. The van der Waals surface area contributed by atoms with E-state index in [2.05, 4.69) is 0 Å². The average Bonchev–Trinajstić information content (AvgIpc) is 2.71. The molecule has 1 amide bonds. The van der Waals surface area contributed by atoms with Gasteiger partial charge < -0.3 is 4.90 Å². The Bertz CT molecular complexity index is 330. The van der Waals surface area contributed by atoms with E-state index in [-0.39, 0.29) is 23.5 Å². The van der Waals surface area contributed by atoms with Crippen molar-refractivity contribution in [2.24, 2.45) is 11.8 Å². The zero-order valence-corrected chi connectivity index (χ0v) is 12.2. The van der Waals surface area contributed by atoms with Gasteiger partial charge in [0.15, 0.2) is 5.78 Å². The van der Waals surface area contributed by atoms with Crippen LogP contribution in [0.2, 0.25) is 0 Å². The second-order valence-corrected chi connectivity index (χ2v) is 5.71. The monoisotopic (exact) mass is 279 g/mol. The maximum Gasteiger partial charge on any atom is 0.222 e. The average molecular weight is 280 g/mol. The maximum atomic E-state index is 11.6. The van der Waals surface area contributed by atoms with Crippen LogP contribution in [0.1, 0.15) is 34.1 Å². The van der Waals surface area contributed by atoms with E-state index in [0.717, 1.165) is 0 Å². The Morgan fingerprint density at radius 3 is 2.29 bits per heavy atom. The number of hydrogen-bond donors (Lipinski definition) is 0. The SMILES string of the molecule is CC.CCC(=O)N1C[C@H]2[C@@H](C1C(C)=O)C2(Cl)Cl. The number of amides is 1. The first kappa shape index (κ1) is 14.8. The number of fused-ring (bicyclic) bond motifs is 1. The van der Waals surface area contributed by atoms with Crippen molar-refractivity contribution in [2.75, 3.05) is 6.54 Å². The van der Waals surface area contributed by atoms with Crippen molar-refractivity contribution in [3.63, 3.8) is 0 Å². The first-order chi connectivity index (χ1) is 7.91. The summed E-state index contributed by atoms with van der Waals surface area (Å²) in [5.74, 6) is -0.00178. The largest absolute Gasteiger partial charge is 0.332 e. The number of hydrogen-bond acceptors (Lipinski definition) is 2. The van der Waals surface area contributed by atoms with Crippen LogP contribution in [0.5, 0.6) is 0 Å². The lowest BCUT2D eigenvalue weighted by atomic mass is 10.1. The van der Waals surface area contributed by atoms with E-state index in [4.69, 9.17) is 23.2 Å². The topological polar surface area (TPSA) is 37.4 Å². The van der Waals surface area contributed by atoms with Crippen LogP contribution in [0.4, 0.5) is 0 Å². The minimum atomic E-state index is -0.791. The molecule has 1 heterocycles. The van der Waals surface area contributed by atoms with Gasteiger partial charge >= 0.3 is 0 Å². The van der Waals surface area contributed by atoms with Crippen LogP contribution in [0, 0.1) is 11.8 Å². The lowest BCUT2D eigenvalue weighted by Gasteiger charge is -2.27. The fourth-order valence-electron chi connectivity index (χ4n) is 2.53. The Morgan fingerprint density at radius 2 is 1.88 bits per heavy atom. The highest BCUT2D eigenvalue weighted by Crippen LogP contribution is 2.65. The minimum absolute atomic E-state index is 0.00605. The number of carbonyl (C=O) groups excluding carboxylic acids is 2. The zero-order chi connectivity index (χ0) is 13.4. The van der Waals surface area contributed by atoms with Crippen molar-refractivity contribution in [1.82, 2.24) is 4.90 Å². The van der Waals surface area contributed by atoms with Crippen LogP contribution >= 0.6 is 23.2 Å². The molecule has 0 spiro atoms. The molecule has 0 aromatic rings. The van der Waals surface area contributed by atoms with Gasteiger partial charge in [-0.05, 0) is 6.92 Å². The molecule has 3 atom stereocenters. The third-order valence-electron chi connectivity index (χ3n) is 3.37. The van der Waals surface area contributed by atoms with E-state index in [1.807, 2.05) is 13.8 Å². The summed E-state index contributed by atoms with van der Waals surface area (Å²) < 4.78 is -0.791. The summed E-state index contributed by atoms with van der Waals surface area (Å²) in [5.41, 5.74) is 0. The van der Waals surface area contributed by atoms with Gasteiger partial charge in [0.1, 0.15) is 4.33 Å². The molecule has 1 saturated heterocycles. The molecule has 17 heavy (non-hydrogen) atoms. The van der Waals surface area contributed by atoms with Crippen molar-refractivity contribution >= 4 is 34.9 Å². The summed E-state index contributed by atoms with van der Waals surface area (Å²) in [5, 5.41) is 0. The fraction of sp³-hybridized carbons (Fsp3) is 0.833. The number of carbonyl (C=O) groups is 2. The van der Waals surface area contributed by atoms with Crippen molar-refractivity contribution in [2.45, 2.75) is 44.5 Å². The van der Waals surface area contributed by atoms with Gasteiger partial charge in [-0.15, -0.1) is 23.2 Å². The van der Waals surface area contributed by atoms with Crippen LogP contribution < -0.4 is 0 Å². The van der Waals surface area contributed by atoms with E-state index in [9.17, 15) is 9.59 Å². The molecule has 0 aromatic heterocycles. The van der Waals surface area contributed by atoms with Gasteiger partial charge in [0.05, 0.1) is 6.04 Å². The molecule has 2 aliphatic rings. The molecular weight excluding hydrogens is 261 g/mol. The molecule has 2 rings (SSSR count). The molecule has 1 aliphatic heterocycles. The molecule has 1 unspecified atom stereocenters. The van der Waals surface area contributed by atoms with Crippen LogP contribution in [0.25, 0.3) is 0 Å². The molecule has 0 aromatic carbocycles. The van der Waals surface area contributed by atoms with Crippen LogP contribution in [-0.4, -0.2) is 33.5 Å². The number of piperidine rings is 1. The van der Waals surface area contributed by atoms with Gasteiger partial charge in [0, 0.05) is 24.8 Å². The molecule has 98 valence electrons. The molecule has 1 saturated carbocycles. The standard InChI is InChI=1S/C10H13Cl2NO2.C2H6/c1-3-7(15)13-4-6-8(10(6,11)12)9(13)5(2)14;1-2/h6,8-9H,3-4H2,1-2H3;1-2H3/t6-,8-,9?;/m0./s1. The Balaban J connectivity index is 0.000000686. The number of Topliss-reactive ketones (excluding diaryl/α,β-unsaturated/α-hetero) is 1. The van der Waals surface area contributed by atoms with Gasteiger partial charge in [-0.2, -0.15) is 0 Å². The lowest BCUT2D eigenvalue weighted by molar-refractivity contribution is -0.137. The third kappa shape index (κ3) is 2.32. The van der Waals surface area contributed by atoms with Gasteiger partial charge in [-0.25, -0.2) is 0 Å². The number of nitrogens with zero attached hydrogens (tertiary/aromatic N) is 1. The molecular formula is C12H19Cl2NO2. The molecule has 2 fully saturated rings. The molecule has 3 nitrogen and oxygen atoms in total. The minimum Gasteiger partial charge on any atom is -0.332 e. The van der Waals surface area contributed by atoms with Gasteiger partial charge in [0.25, 0.3) is 0 Å². The van der Waals surface area contributed by atoms with Crippen molar-refractivity contribution < 1.29 is 9.59 Å². The second kappa shape index (κ2) is 5.15. The van der Waals surface area contributed by atoms with Crippen molar-refractivity contribution in [1.29, 1.82) is 0 Å². The van der Waals surface area contributed by atoms with Gasteiger partial charge in [-0.3, -0.25) is 9.59 Å². The quantitative estimate of drug-likeness (QED) is 0.729. The molecule has 1 aliphatic carbocycles. The zero-order valence-electron chi connectivity index (χ0n) is 10.7. The number of rotatable bonds is 2. The predicted molar refractivity (Wildman–Crippen MR) is 69.2 cm³/mol. The highest BCUT2D eigenvalue weighted by molar-refractivity contribution is 6.51. The van der Waals surface area contributed by atoms with Crippen LogP contribution in [0.3, 0.4) is 0 Å². The number of halogens is 2. The number of likely N-dealkylation sites (tertiary alicyclic amines) is 1. The third-order valence-corrected chi connectivity index (χ3v) is 4.44. The molecule has 0 bridgehead atoms. The highest BCUT2D eigenvalue weighted by Gasteiger charge is 2.72. The smallest absolute Gasteiger partial charge is 0.222 e. The Morgan fingerprint density at radius 1 is 1.35 bits per heavy atom. The summed E-state index contributed by atoms with van der Waals surface area (Å²) in [4.78, 5) is 24.7. The molecule has 5 heteroatoms. The van der Waals surface area contributed by atoms with Crippen LogP contribution in [-0.2, 0) is 9.59 Å². The Kier molecular flexibility index (Phi) is 4.48. The van der Waals surface area contributed by atoms with Crippen LogP contribution in [0.15, 0.2) is 0 Å². The number of alkyl halides is 2. The highest BCUT2D eigenvalue weighted by atomic mass is 35.5. The first-order valence-corrected chi connectivity index (χ1v) is 6.84. The predicted octanol–water partition coefficient (Wildman–Crippen LogP) is 2.64. The first-order valence-electron chi connectivity index (χ1n) is 6.09. The van der Waals surface area contributed by atoms with E-state index in [1.54, 1.807) is 11.8 Å². The second-order valence-electron chi connectivity index (χ2n) is 4.26. The van der Waals surface area contributed by atoms with E-state index in [1.165, 1.54) is 6.92 Å². The Hall–Kier alpha value is -0.280. The Labute approximate surface area is 112 Å². The fourth-order valence-corrected chi connectivity index (χ4v) is 3.36. The van der Waals surface area contributed by atoms with Gasteiger partial charge in [-0.1, -0.05) is 20.8 Å². The summed E-state index contributed by atoms with van der Waals surface area (Å²) in [6, 6.07) is -0.405.